The normalized spacial score (nSPS) is 24.4. The number of nitrogens with zero attached hydrogens (tertiary/aromatic N) is 5. The van der Waals surface area contributed by atoms with Crippen molar-refractivity contribution in [2.75, 3.05) is 18.8 Å². The maximum absolute atomic E-state index is 15.8. The van der Waals surface area contributed by atoms with E-state index in [1.807, 2.05) is 34.0 Å². The van der Waals surface area contributed by atoms with Crippen LogP contribution in [0.2, 0.25) is 0 Å². The first-order valence-electron chi connectivity index (χ1n) is 16.9. The zero-order valence-electron chi connectivity index (χ0n) is 27.1. The average molecular weight is 671 g/mol. The van der Waals surface area contributed by atoms with Crippen molar-refractivity contribution in [3.05, 3.63) is 78.1 Å². The lowest BCUT2D eigenvalue weighted by Gasteiger charge is -2.44. The minimum atomic E-state index is -2.88. The van der Waals surface area contributed by atoms with Gasteiger partial charge >= 0.3 is 0 Å². The summed E-state index contributed by atoms with van der Waals surface area (Å²) < 4.78 is 33.5. The van der Waals surface area contributed by atoms with Crippen molar-refractivity contribution < 1.29 is 23.5 Å². The van der Waals surface area contributed by atoms with Crippen LogP contribution in [-0.4, -0.2) is 72.9 Å². The van der Waals surface area contributed by atoms with Gasteiger partial charge in [-0.2, -0.15) is 5.10 Å². The SMILES string of the molecule is Nc1nnc(-c2ccccc2O)cc1-c1cnn(C2CCC(N3CC[C@@H](c4cccc(CN[C@@H]5CCC(=O)NC5=O)c4)C(F)(F)C3)CC2)c1. The summed E-state index contributed by atoms with van der Waals surface area (Å²) in [5.41, 5.74) is 10.2. The Morgan fingerprint density at radius 3 is 2.53 bits per heavy atom. The molecule has 2 amide bonds. The van der Waals surface area contributed by atoms with Gasteiger partial charge in [-0.05, 0) is 74.4 Å². The number of aromatic nitrogens is 4. The molecule has 0 bridgehead atoms. The number of amides is 2. The number of anilines is 1. The molecule has 4 aromatic rings. The van der Waals surface area contributed by atoms with Gasteiger partial charge in [0.15, 0.2) is 5.82 Å². The van der Waals surface area contributed by atoms with Gasteiger partial charge in [-0.25, -0.2) is 8.78 Å². The molecule has 2 saturated heterocycles. The van der Waals surface area contributed by atoms with Gasteiger partial charge in [0.05, 0.1) is 36.4 Å². The minimum absolute atomic E-state index is 0.0864. The molecule has 11 nitrogen and oxygen atoms in total. The number of para-hydroxylation sites is 1. The Morgan fingerprint density at radius 1 is 0.959 bits per heavy atom. The standard InChI is InChI=1S/C36H40F2N8O3/c37-36(38)21-45(15-14-29(36)23-5-3-4-22(16-23)18-40-30-12-13-33(48)42-35(30)49)25-8-10-26(11-9-25)46-20-24(19-41-46)28-17-31(43-44-34(28)39)27-6-1-2-7-32(27)47/h1-7,16-17,19-20,25-26,29-30,40,47H,8-15,18,21H2,(H2,39,44)(H,42,48,49)/t25?,26?,29-,30+/m0/s1. The van der Waals surface area contributed by atoms with Gasteiger partial charge in [-0.3, -0.25) is 24.5 Å². The van der Waals surface area contributed by atoms with E-state index in [0.717, 1.165) is 36.8 Å². The quantitative estimate of drug-likeness (QED) is 0.194. The van der Waals surface area contributed by atoms with Crippen molar-refractivity contribution in [1.82, 2.24) is 35.5 Å². The van der Waals surface area contributed by atoms with Crippen molar-refractivity contribution in [3.8, 4) is 28.1 Å². The van der Waals surface area contributed by atoms with Crippen LogP contribution in [0, 0.1) is 0 Å². The van der Waals surface area contributed by atoms with Crippen molar-refractivity contribution in [1.29, 1.82) is 0 Å². The van der Waals surface area contributed by atoms with E-state index in [4.69, 9.17) is 5.73 Å². The Hall–Kier alpha value is -4.75. The van der Waals surface area contributed by atoms with E-state index in [-0.39, 0.29) is 48.4 Å². The third kappa shape index (κ3) is 7.04. The van der Waals surface area contributed by atoms with E-state index in [9.17, 15) is 14.7 Å². The number of piperidine rings is 2. The number of nitrogen functional groups attached to an aromatic ring is 1. The lowest BCUT2D eigenvalue weighted by Crippen LogP contribution is -2.52. The molecule has 3 aliphatic rings. The number of nitrogens with one attached hydrogen (secondary N) is 2. The molecule has 5 N–H and O–H groups in total. The van der Waals surface area contributed by atoms with Crippen LogP contribution in [0.15, 0.2) is 67.0 Å². The summed E-state index contributed by atoms with van der Waals surface area (Å²) in [6, 6.07) is 15.7. The molecule has 13 heteroatoms. The summed E-state index contributed by atoms with van der Waals surface area (Å²) in [7, 11) is 0. The second-order valence-electron chi connectivity index (χ2n) is 13.4. The van der Waals surface area contributed by atoms with E-state index in [0.29, 0.717) is 48.3 Å². The van der Waals surface area contributed by atoms with Crippen molar-refractivity contribution in [2.24, 2.45) is 0 Å². The van der Waals surface area contributed by atoms with Crippen LogP contribution in [0.1, 0.15) is 68.0 Å². The Kier molecular flexibility index (Phi) is 9.12. The molecular weight excluding hydrogens is 630 g/mol. The highest BCUT2D eigenvalue weighted by Crippen LogP contribution is 2.43. The Bertz CT molecular complexity index is 1840. The zero-order valence-corrected chi connectivity index (χ0v) is 27.1. The van der Waals surface area contributed by atoms with Gasteiger partial charge in [0.2, 0.25) is 11.8 Å². The number of carbonyl (C=O) groups is 2. The Morgan fingerprint density at radius 2 is 1.76 bits per heavy atom. The van der Waals surface area contributed by atoms with Crippen molar-refractivity contribution in [3.63, 3.8) is 0 Å². The molecule has 2 atom stereocenters. The fraction of sp³-hybridized carbons (Fsp3) is 0.417. The highest BCUT2D eigenvalue weighted by atomic mass is 19.3. The van der Waals surface area contributed by atoms with Gasteiger partial charge < -0.3 is 16.2 Å². The summed E-state index contributed by atoms with van der Waals surface area (Å²) in [6.07, 6.45) is 8.02. The van der Waals surface area contributed by atoms with Crippen LogP contribution < -0.4 is 16.4 Å². The first-order chi connectivity index (χ1) is 23.6. The predicted molar refractivity (Wildman–Crippen MR) is 179 cm³/mol. The Balaban J connectivity index is 0.947. The van der Waals surface area contributed by atoms with Gasteiger partial charge in [0.1, 0.15) is 5.75 Å². The number of rotatable bonds is 8. The molecule has 3 fully saturated rings. The average Bonchev–Trinajstić information content (AvgIpc) is 3.58. The second-order valence-corrected chi connectivity index (χ2v) is 13.4. The maximum Gasteiger partial charge on any atom is 0.267 e. The van der Waals surface area contributed by atoms with Crippen LogP contribution in [0.25, 0.3) is 22.4 Å². The van der Waals surface area contributed by atoms with E-state index >= 15 is 8.78 Å². The second kappa shape index (κ2) is 13.6. The molecule has 0 unspecified atom stereocenters. The molecule has 2 aromatic heterocycles. The molecule has 1 saturated carbocycles. The van der Waals surface area contributed by atoms with E-state index in [1.54, 1.807) is 42.6 Å². The van der Waals surface area contributed by atoms with E-state index in [2.05, 4.69) is 25.9 Å². The van der Waals surface area contributed by atoms with Gasteiger partial charge in [-0.15, -0.1) is 10.2 Å². The summed E-state index contributed by atoms with van der Waals surface area (Å²) in [6.45, 7) is 0.691. The largest absolute Gasteiger partial charge is 0.507 e. The third-order valence-electron chi connectivity index (χ3n) is 10.2. The fourth-order valence-electron chi connectivity index (χ4n) is 7.56. The van der Waals surface area contributed by atoms with Crippen molar-refractivity contribution >= 4 is 17.6 Å². The topological polar surface area (TPSA) is 151 Å². The van der Waals surface area contributed by atoms with Crippen LogP contribution in [0.4, 0.5) is 14.6 Å². The number of nitrogens with two attached hydrogens (primary N) is 1. The van der Waals surface area contributed by atoms with Crippen LogP contribution in [0.5, 0.6) is 5.75 Å². The smallest absolute Gasteiger partial charge is 0.267 e. The Labute approximate surface area is 282 Å². The molecule has 1 aliphatic carbocycles. The number of likely N-dealkylation sites (tertiary alicyclic amines) is 1. The third-order valence-corrected chi connectivity index (χ3v) is 10.2. The summed E-state index contributed by atoms with van der Waals surface area (Å²) in [5, 5.41) is 28.7. The molecule has 2 aliphatic heterocycles. The molecule has 49 heavy (non-hydrogen) atoms. The number of halogens is 2. The first-order valence-corrected chi connectivity index (χ1v) is 16.9. The first kappa shape index (κ1) is 32.8. The lowest BCUT2D eigenvalue weighted by molar-refractivity contribution is -0.134. The summed E-state index contributed by atoms with van der Waals surface area (Å²) >= 11 is 0. The lowest BCUT2D eigenvalue weighted by atomic mass is 9.83. The van der Waals surface area contributed by atoms with E-state index in [1.165, 1.54) is 0 Å². The number of hydrogen-bond donors (Lipinski definition) is 4. The number of imide groups is 1. The summed E-state index contributed by atoms with van der Waals surface area (Å²) in [5.74, 6) is -4.00. The minimum Gasteiger partial charge on any atom is -0.507 e. The fourth-order valence-corrected chi connectivity index (χ4v) is 7.56. The predicted octanol–water partition coefficient (Wildman–Crippen LogP) is 4.80. The number of hydrogen-bond acceptors (Lipinski definition) is 9. The zero-order chi connectivity index (χ0) is 34.1. The number of aromatic hydroxyl groups is 1. The molecule has 7 rings (SSSR count). The monoisotopic (exact) mass is 670 g/mol. The molecule has 256 valence electrons. The number of alkyl halides is 2. The van der Waals surface area contributed by atoms with Crippen LogP contribution in [-0.2, 0) is 16.1 Å². The maximum atomic E-state index is 15.8. The highest BCUT2D eigenvalue weighted by Gasteiger charge is 2.47. The van der Waals surface area contributed by atoms with E-state index < -0.39 is 17.9 Å². The van der Waals surface area contributed by atoms with Crippen LogP contribution >= 0.6 is 0 Å². The number of phenolic OH excluding ortho intramolecular Hbond substituents is 1. The number of benzene rings is 2. The highest BCUT2D eigenvalue weighted by molar-refractivity contribution is 6.00. The molecule has 2 aromatic carbocycles. The van der Waals surface area contributed by atoms with Gasteiger partial charge in [-0.1, -0.05) is 36.4 Å². The molecule has 4 heterocycles. The number of carbonyl (C=O) groups excluding carboxylic acids is 2. The molecular formula is C36H40F2N8O3. The molecule has 0 spiro atoms. The summed E-state index contributed by atoms with van der Waals surface area (Å²) in [4.78, 5) is 25.5. The van der Waals surface area contributed by atoms with Gasteiger partial charge in [0, 0.05) is 41.9 Å². The molecule has 0 radical (unpaired) electrons. The van der Waals surface area contributed by atoms with Crippen molar-refractivity contribution in [2.45, 2.75) is 81.5 Å². The van der Waals surface area contributed by atoms with Gasteiger partial charge in [0.25, 0.3) is 5.92 Å². The number of phenols is 1. The van der Waals surface area contributed by atoms with Crippen LogP contribution in [0.3, 0.4) is 0 Å².